The summed E-state index contributed by atoms with van der Waals surface area (Å²) in [5.41, 5.74) is 0.975. The van der Waals surface area contributed by atoms with Crippen LogP contribution in [0.3, 0.4) is 0 Å². The first-order valence-corrected chi connectivity index (χ1v) is 9.88. The minimum absolute atomic E-state index is 0.0114. The Morgan fingerprint density at radius 1 is 1.36 bits per heavy atom. The molecule has 2 aromatic heterocycles. The predicted octanol–water partition coefficient (Wildman–Crippen LogP) is 0.983. The molecule has 2 N–H and O–H groups in total. The molecule has 0 unspecified atom stereocenters. The number of carbonyl (C=O) groups excluding carboxylic acids is 1. The number of rotatable bonds is 5. The molecule has 2 aliphatic heterocycles. The van der Waals surface area contributed by atoms with Crippen LogP contribution in [0.15, 0.2) is 51.6 Å². The minimum atomic E-state index is -1.14. The monoisotopic (exact) mass is 401 g/mol. The number of β-lactam (4-membered cyclic amide) rings is 1. The van der Waals surface area contributed by atoms with E-state index in [9.17, 15) is 24.6 Å². The number of aliphatic carboxylic acids is 1. The maximum absolute atomic E-state index is 12.4. The lowest BCUT2D eigenvalue weighted by atomic mass is 9.78. The molecule has 0 aliphatic carbocycles. The van der Waals surface area contributed by atoms with Gasteiger partial charge in [-0.2, -0.15) is 0 Å². The standard InChI is InChI=1S/C19H19N3O5S/c1-9-11(16(19(26)27)22-15(9)14(10(2)23)18(22)25)8-28-12-4-3-7-21-13(24)5-6-20-17(12)21/h3-7,9-10,14-15,23H,8H2,1-2H3,(H,26,27)/t9-,10+,14+,15+/m0/s1. The lowest BCUT2D eigenvalue weighted by Gasteiger charge is -2.46. The van der Waals surface area contributed by atoms with Crippen molar-refractivity contribution >= 4 is 29.3 Å². The number of aliphatic hydroxyl groups excluding tert-OH is 1. The smallest absolute Gasteiger partial charge is 0.352 e. The first-order chi connectivity index (χ1) is 13.3. The van der Waals surface area contributed by atoms with E-state index in [0.717, 1.165) is 4.90 Å². The van der Waals surface area contributed by atoms with Gasteiger partial charge in [0.25, 0.3) is 5.56 Å². The molecule has 0 bridgehead atoms. The molecular formula is C19H19N3O5S. The molecular weight excluding hydrogens is 382 g/mol. The third kappa shape index (κ3) is 2.65. The van der Waals surface area contributed by atoms with E-state index in [1.165, 1.54) is 33.3 Å². The number of nitrogens with zero attached hydrogens (tertiary/aromatic N) is 3. The summed E-state index contributed by atoms with van der Waals surface area (Å²) < 4.78 is 1.44. The fraction of sp³-hybridized carbons (Fsp3) is 0.368. The molecule has 0 radical (unpaired) electrons. The van der Waals surface area contributed by atoms with Gasteiger partial charge in [-0.15, -0.1) is 11.8 Å². The molecule has 1 amide bonds. The number of fused-ring (bicyclic) bond motifs is 2. The lowest BCUT2D eigenvalue weighted by Crippen LogP contribution is -2.63. The second kappa shape index (κ2) is 6.75. The van der Waals surface area contributed by atoms with E-state index in [0.29, 0.717) is 17.0 Å². The van der Waals surface area contributed by atoms with Crippen LogP contribution in [0.1, 0.15) is 13.8 Å². The van der Waals surface area contributed by atoms with Crippen molar-refractivity contribution in [3.63, 3.8) is 0 Å². The summed E-state index contributed by atoms with van der Waals surface area (Å²) in [7, 11) is 0. The van der Waals surface area contributed by atoms with Gasteiger partial charge < -0.3 is 15.1 Å². The molecule has 28 heavy (non-hydrogen) atoms. The van der Waals surface area contributed by atoms with Crippen LogP contribution in [0.4, 0.5) is 0 Å². The maximum Gasteiger partial charge on any atom is 0.352 e. The Morgan fingerprint density at radius 2 is 2.11 bits per heavy atom. The molecule has 4 atom stereocenters. The molecule has 8 nitrogen and oxygen atoms in total. The van der Waals surface area contributed by atoms with Crippen molar-refractivity contribution in [2.24, 2.45) is 11.8 Å². The van der Waals surface area contributed by atoms with E-state index in [1.54, 1.807) is 19.2 Å². The molecule has 4 rings (SSSR count). The van der Waals surface area contributed by atoms with Crippen molar-refractivity contribution in [2.45, 2.75) is 30.9 Å². The number of pyridine rings is 1. The van der Waals surface area contributed by atoms with Gasteiger partial charge in [-0.25, -0.2) is 9.78 Å². The van der Waals surface area contributed by atoms with E-state index in [1.807, 2.05) is 13.0 Å². The SMILES string of the molecule is C[C@@H](O)[C@H]1C(=O)N2C(C(=O)O)=C(CSc3cccn4c(=O)ccnc34)[C@H](C)[C@H]12. The summed E-state index contributed by atoms with van der Waals surface area (Å²) in [5.74, 6) is -1.90. The number of thioether (sulfide) groups is 1. The van der Waals surface area contributed by atoms with Gasteiger partial charge in [0.05, 0.1) is 23.0 Å². The highest BCUT2D eigenvalue weighted by atomic mass is 32.2. The lowest BCUT2D eigenvalue weighted by molar-refractivity contribution is -0.163. The molecule has 2 aromatic rings. The van der Waals surface area contributed by atoms with E-state index < -0.39 is 18.0 Å². The summed E-state index contributed by atoms with van der Waals surface area (Å²) in [6.07, 6.45) is 2.25. The summed E-state index contributed by atoms with van der Waals surface area (Å²) in [4.78, 5) is 42.5. The number of carboxylic acids is 1. The number of hydrogen-bond donors (Lipinski definition) is 2. The molecule has 1 saturated heterocycles. The van der Waals surface area contributed by atoms with Crippen molar-refractivity contribution in [1.82, 2.24) is 14.3 Å². The van der Waals surface area contributed by atoms with Crippen LogP contribution >= 0.6 is 11.8 Å². The Kier molecular flexibility index (Phi) is 4.51. The van der Waals surface area contributed by atoms with Gasteiger partial charge in [-0.05, 0) is 24.6 Å². The van der Waals surface area contributed by atoms with Crippen molar-refractivity contribution in [2.75, 3.05) is 5.75 Å². The maximum atomic E-state index is 12.4. The van der Waals surface area contributed by atoms with Gasteiger partial charge in [-0.1, -0.05) is 6.92 Å². The Bertz CT molecular complexity index is 1080. The third-order valence-corrected chi connectivity index (χ3v) is 6.57. The Hall–Kier alpha value is -2.65. The van der Waals surface area contributed by atoms with Crippen molar-refractivity contribution < 1.29 is 19.8 Å². The van der Waals surface area contributed by atoms with Gasteiger partial charge >= 0.3 is 5.97 Å². The summed E-state index contributed by atoms with van der Waals surface area (Å²) in [6.45, 7) is 3.44. The normalized spacial score (nSPS) is 25.0. The number of aliphatic hydroxyl groups is 1. The Balaban J connectivity index is 1.67. The predicted molar refractivity (Wildman–Crippen MR) is 102 cm³/mol. The zero-order valence-corrected chi connectivity index (χ0v) is 16.1. The second-order valence-electron chi connectivity index (χ2n) is 7.07. The van der Waals surface area contributed by atoms with Gasteiger partial charge in [0.2, 0.25) is 5.91 Å². The van der Waals surface area contributed by atoms with Crippen LogP contribution in [0, 0.1) is 11.8 Å². The first kappa shape index (κ1) is 18.7. The number of aromatic nitrogens is 2. The van der Waals surface area contributed by atoms with E-state index >= 15 is 0 Å². The highest BCUT2D eigenvalue weighted by Crippen LogP contribution is 2.48. The zero-order valence-electron chi connectivity index (χ0n) is 15.3. The van der Waals surface area contributed by atoms with Crippen molar-refractivity contribution in [3.05, 3.63) is 52.2 Å². The van der Waals surface area contributed by atoms with E-state index in [4.69, 9.17) is 0 Å². The average molecular weight is 401 g/mol. The van der Waals surface area contributed by atoms with Gasteiger partial charge in [-0.3, -0.25) is 14.0 Å². The third-order valence-electron chi connectivity index (χ3n) is 5.48. The number of amides is 1. The quantitative estimate of drug-likeness (QED) is 0.567. The van der Waals surface area contributed by atoms with Crippen LogP contribution < -0.4 is 5.56 Å². The van der Waals surface area contributed by atoms with Crippen LogP contribution in [-0.4, -0.2) is 54.3 Å². The van der Waals surface area contributed by atoms with Gasteiger partial charge in [0, 0.05) is 30.1 Å². The molecule has 9 heteroatoms. The Morgan fingerprint density at radius 3 is 2.79 bits per heavy atom. The fourth-order valence-corrected chi connectivity index (χ4v) is 5.30. The average Bonchev–Trinajstić information content (AvgIpc) is 2.89. The summed E-state index contributed by atoms with van der Waals surface area (Å²) in [6, 6.07) is 4.61. The number of carbonyl (C=O) groups is 2. The Labute approximate surface area is 164 Å². The van der Waals surface area contributed by atoms with Crippen LogP contribution in [0.2, 0.25) is 0 Å². The van der Waals surface area contributed by atoms with Crippen molar-refractivity contribution in [1.29, 1.82) is 0 Å². The van der Waals surface area contributed by atoms with Crippen LogP contribution in [0.5, 0.6) is 0 Å². The zero-order chi connectivity index (χ0) is 20.2. The summed E-state index contributed by atoms with van der Waals surface area (Å²) >= 11 is 1.38. The van der Waals surface area contributed by atoms with Crippen molar-refractivity contribution in [3.8, 4) is 0 Å². The topological polar surface area (TPSA) is 112 Å². The van der Waals surface area contributed by atoms with Gasteiger partial charge in [0.1, 0.15) is 5.70 Å². The second-order valence-corrected chi connectivity index (χ2v) is 8.09. The van der Waals surface area contributed by atoms with Crippen LogP contribution in [0.25, 0.3) is 5.65 Å². The summed E-state index contributed by atoms with van der Waals surface area (Å²) in [5, 5.41) is 19.6. The number of hydrogen-bond acceptors (Lipinski definition) is 6. The number of carboxylic acid groups (broad SMARTS) is 1. The molecule has 0 aromatic carbocycles. The fourth-order valence-electron chi connectivity index (χ4n) is 4.14. The van der Waals surface area contributed by atoms with E-state index in [-0.39, 0.29) is 29.1 Å². The first-order valence-electron chi connectivity index (χ1n) is 8.89. The molecule has 146 valence electrons. The van der Waals surface area contributed by atoms with Crippen LogP contribution in [-0.2, 0) is 9.59 Å². The highest BCUT2D eigenvalue weighted by molar-refractivity contribution is 7.99. The largest absolute Gasteiger partial charge is 0.477 e. The highest BCUT2D eigenvalue weighted by Gasteiger charge is 2.59. The molecule has 0 saturated carbocycles. The molecule has 2 aliphatic rings. The molecule has 4 heterocycles. The van der Waals surface area contributed by atoms with Gasteiger partial charge in [0.15, 0.2) is 5.65 Å². The molecule has 0 spiro atoms. The minimum Gasteiger partial charge on any atom is -0.477 e. The molecule has 1 fully saturated rings. The van der Waals surface area contributed by atoms with E-state index in [2.05, 4.69) is 4.98 Å².